The van der Waals surface area contributed by atoms with Crippen LogP contribution in [0.2, 0.25) is 0 Å². The minimum atomic E-state index is -0.429. The highest BCUT2D eigenvalue weighted by atomic mass is 32.1. The molecule has 0 saturated carbocycles. The Hall–Kier alpha value is -2.87. The van der Waals surface area contributed by atoms with Gasteiger partial charge in [-0.25, -0.2) is 9.78 Å². The summed E-state index contributed by atoms with van der Waals surface area (Å²) in [5.74, 6) is 0.797. The number of hydrogen-bond donors (Lipinski definition) is 2. The maximum Gasteiger partial charge on any atom is 0.348 e. The SMILES string of the molecule is CCOC(=O)c1sc2nc([C@@H](C)Nc3cccc(OC)c3)[nH]c(=O)c2c1C. The van der Waals surface area contributed by atoms with E-state index in [1.54, 1.807) is 21.0 Å². The van der Waals surface area contributed by atoms with Gasteiger partial charge in [-0.3, -0.25) is 4.79 Å². The molecule has 142 valence electrons. The van der Waals surface area contributed by atoms with Crippen LogP contribution in [0.5, 0.6) is 5.75 Å². The third-order valence-corrected chi connectivity index (χ3v) is 5.31. The average Bonchev–Trinajstić information content (AvgIpc) is 2.99. The van der Waals surface area contributed by atoms with Gasteiger partial charge in [0.25, 0.3) is 5.56 Å². The van der Waals surface area contributed by atoms with Crippen LogP contribution in [0.1, 0.15) is 40.9 Å². The largest absolute Gasteiger partial charge is 0.497 e. The lowest BCUT2D eigenvalue weighted by atomic mass is 10.2. The van der Waals surface area contributed by atoms with E-state index in [1.807, 2.05) is 31.2 Å². The Bertz CT molecular complexity index is 1040. The molecule has 1 atom stereocenters. The molecule has 0 spiro atoms. The summed E-state index contributed by atoms with van der Waals surface area (Å²) in [6.45, 7) is 5.66. The molecule has 0 bridgehead atoms. The Balaban J connectivity index is 1.95. The van der Waals surface area contributed by atoms with Crippen LogP contribution in [0.15, 0.2) is 29.1 Å². The van der Waals surface area contributed by atoms with Crippen LogP contribution in [0.25, 0.3) is 10.2 Å². The van der Waals surface area contributed by atoms with Crippen molar-refractivity contribution >= 4 is 33.2 Å². The van der Waals surface area contributed by atoms with E-state index in [9.17, 15) is 9.59 Å². The first-order chi connectivity index (χ1) is 12.9. The minimum Gasteiger partial charge on any atom is -0.497 e. The zero-order valence-corrected chi connectivity index (χ0v) is 16.4. The first-order valence-corrected chi connectivity index (χ1v) is 9.37. The molecule has 0 radical (unpaired) electrons. The van der Waals surface area contributed by atoms with E-state index in [-0.39, 0.29) is 18.2 Å². The zero-order valence-electron chi connectivity index (χ0n) is 15.6. The molecular weight excluding hydrogens is 366 g/mol. The summed E-state index contributed by atoms with van der Waals surface area (Å²) in [5, 5.41) is 3.72. The standard InChI is InChI=1S/C19H21N3O4S/c1-5-26-19(24)15-10(2)14-17(23)21-16(22-18(14)27-15)11(3)20-12-7-6-8-13(9-12)25-4/h6-9,11,20H,5H2,1-4H3,(H,21,22,23)/t11-/m1/s1. The molecule has 2 heterocycles. The average molecular weight is 387 g/mol. The molecule has 0 aliphatic rings. The Morgan fingerprint density at radius 1 is 1.41 bits per heavy atom. The normalized spacial score (nSPS) is 12.0. The van der Waals surface area contributed by atoms with Crippen molar-refractivity contribution in [2.75, 3.05) is 19.0 Å². The van der Waals surface area contributed by atoms with Crippen LogP contribution in [-0.4, -0.2) is 29.7 Å². The first-order valence-electron chi connectivity index (χ1n) is 8.55. The lowest BCUT2D eigenvalue weighted by molar-refractivity contribution is 0.0531. The molecule has 2 N–H and O–H groups in total. The van der Waals surface area contributed by atoms with Gasteiger partial charge in [0.15, 0.2) is 0 Å². The molecule has 0 saturated heterocycles. The molecule has 3 aromatic rings. The molecule has 3 rings (SSSR count). The van der Waals surface area contributed by atoms with Crippen molar-refractivity contribution in [1.29, 1.82) is 0 Å². The molecule has 0 amide bonds. The topological polar surface area (TPSA) is 93.3 Å². The van der Waals surface area contributed by atoms with Gasteiger partial charge in [-0.05, 0) is 38.5 Å². The Kier molecular flexibility index (Phi) is 5.46. The summed E-state index contributed by atoms with van der Waals surface area (Å²) in [7, 11) is 1.61. The van der Waals surface area contributed by atoms with E-state index in [0.29, 0.717) is 26.5 Å². The van der Waals surface area contributed by atoms with E-state index in [2.05, 4.69) is 15.3 Å². The van der Waals surface area contributed by atoms with E-state index in [1.165, 1.54) is 11.3 Å². The maximum absolute atomic E-state index is 12.6. The summed E-state index contributed by atoms with van der Waals surface area (Å²) in [4.78, 5) is 33.0. The van der Waals surface area contributed by atoms with E-state index in [0.717, 1.165) is 11.4 Å². The fraction of sp³-hybridized carbons (Fsp3) is 0.316. The number of ether oxygens (including phenoxy) is 2. The molecule has 0 unspecified atom stereocenters. The number of esters is 1. The Morgan fingerprint density at radius 2 is 2.19 bits per heavy atom. The van der Waals surface area contributed by atoms with Crippen LogP contribution in [0.3, 0.4) is 0 Å². The molecule has 0 aliphatic heterocycles. The molecule has 1 aromatic carbocycles. The van der Waals surface area contributed by atoms with Crippen LogP contribution in [-0.2, 0) is 4.74 Å². The summed E-state index contributed by atoms with van der Waals surface area (Å²) < 4.78 is 10.3. The number of carbonyl (C=O) groups excluding carboxylic acids is 1. The number of methoxy groups -OCH3 is 1. The molecule has 0 aliphatic carbocycles. The van der Waals surface area contributed by atoms with Crippen molar-refractivity contribution in [1.82, 2.24) is 9.97 Å². The summed E-state index contributed by atoms with van der Waals surface area (Å²) in [6.07, 6.45) is 0. The number of nitrogens with one attached hydrogen (secondary N) is 2. The van der Waals surface area contributed by atoms with E-state index in [4.69, 9.17) is 9.47 Å². The number of rotatable bonds is 6. The van der Waals surface area contributed by atoms with Crippen molar-refractivity contribution in [3.63, 3.8) is 0 Å². The van der Waals surface area contributed by atoms with Crippen molar-refractivity contribution < 1.29 is 14.3 Å². The fourth-order valence-corrected chi connectivity index (χ4v) is 3.87. The monoisotopic (exact) mass is 387 g/mol. The van der Waals surface area contributed by atoms with Gasteiger partial charge in [-0.1, -0.05) is 6.07 Å². The number of aromatic amines is 1. The van der Waals surface area contributed by atoms with Gasteiger partial charge in [-0.15, -0.1) is 11.3 Å². The van der Waals surface area contributed by atoms with Crippen LogP contribution in [0.4, 0.5) is 5.69 Å². The van der Waals surface area contributed by atoms with Crippen LogP contribution >= 0.6 is 11.3 Å². The van der Waals surface area contributed by atoms with Gasteiger partial charge >= 0.3 is 5.97 Å². The number of H-pyrrole nitrogens is 1. The third kappa shape index (κ3) is 3.80. The Labute approximate surface area is 160 Å². The molecule has 27 heavy (non-hydrogen) atoms. The highest BCUT2D eigenvalue weighted by Gasteiger charge is 2.21. The summed E-state index contributed by atoms with van der Waals surface area (Å²) >= 11 is 1.18. The number of aromatic nitrogens is 2. The number of aryl methyl sites for hydroxylation is 1. The predicted molar refractivity (Wildman–Crippen MR) is 106 cm³/mol. The molecule has 8 heteroatoms. The summed E-state index contributed by atoms with van der Waals surface area (Å²) in [5.41, 5.74) is 1.18. The molecular formula is C19H21N3O4S. The van der Waals surface area contributed by atoms with Crippen molar-refractivity contribution in [3.8, 4) is 5.75 Å². The Morgan fingerprint density at radius 3 is 2.89 bits per heavy atom. The highest BCUT2D eigenvalue weighted by Crippen LogP contribution is 2.29. The minimum absolute atomic E-state index is 0.248. The molecule has 0 fully saturated rings. The number of hydrogen-bond acceptors (Lipinski definition) is 7. The van der Waals surface area contributed by atoms with Crippen LogP contribution < -0.4 is 15.6 Å². The number of thiophene rings is 1. The second kappa shape index (κ2) is 7.79. The fourth-order valence-electron chi connectivity index (χ4n) is 2.79. The maximum atomic E-state index is 12.6. The lowest BCUT2D eigenvalue weighted by Crippen LogP contribution is -2.17. The predicted octanol–water partition coefficient (Wildman–Crippen LogP) is 3.65. The first kappa shape index (κ1) is 18.9. The number of benzene rings is 1. The number of nitrogens with zero attached hydrogens (tertiary/aromatic N) is 1. The second-order valence-corrected chi connectivity index (χ2v) is 7.01. The van der Waals surface area contributed by atoms with Crippen LogP contribution in [0, 0.1) is 6.92 Å². The van der Waals surface area contributed by atoms with Gasteiger partial charge in [0.1, 0.15) is 21.3 Å². The smallest absolute Gasteiger partial charge is 0.348 e. The number of fused-ring (bicyclic) bond motifs is 1. The third-order valence-electron chi connectivity index (χ3n) is 4.14. The second-order valence-electron chi connectivity index (χ2n) is 6.01. The number of carbonyl (C=O) groups is 1. The van der Waals surface area contributed by atoms with Gasteiger partial charge in [-0.2, -0.15) is 0 Å². The van der Waals surface area contributed by atoms with E-state index < -0.39 is 5.97 Å². The quantitative estimate of drug-likeness (QED) is 0.627. The molecule has 7 nitrogen and oxygen atoms in total. The summed E-state index contributed by atoms with van der Waals surface area (Å²) in [6, 6.07) is 7.25. The highest BCUT2D eigenvalue weighted by molar-refractivity contribution is 7.20. The van der Waals surface area contributed by atoms with Gasteiger partial charge < -0.3 is 19.8 Å². The van der Waals surface area contributed by atoms with Crippen molar-refractivity contribution in [3.05, 3.63) is 50.9 Å². The van der Waals surface area contributed by atoms with Crippen molar-refractivity contribution in [2.24, 2.45) is 0 Å². The van der Waals surface area contributed by atoms with Gasteiger partial charge in [0.05, 0.1) is 25.1 Å². The van der Waals surface area contributed by atoms with E-state index >= 15 is 0 Å². The number of anilines is 1. The van der Waals surface area contributed by atoms with Gasteiger partial charge in [0.2, 0.25) is 0 Å². The zero-order chi connectivity index (χ0) is 19.6. The van der Waals surface area contributed by atoms with Gasteiger partial charge in [0, 0.05) is 11.8 Å². The lowest BCUT2D eigenvalue weighted by Gasteiger charge is -2.15. The van der Waals surface area contributed by atoms with Crippen molar-refractivity contribution in [2.45, 2.75) is 26.8 Å². The molecule has 2 aromatic heterocycles.